The van der Waals surface area contributed by atoms with Crippen LogP contribution in [0.2, 0.25) is 0 Å². The summed E-state index contributed by atoms with van der Waals surface area (Å²) >= 11 is 1.74. The Morgan fingerprint density at radius 3 is 2.92 bits per heavy atom. The zero-order valence-electron chi connectivity index (χ0n) is 14.5. The van der Waals surface area contributed by atoms with Crippen molar-refractivity contribution in [3.63, 3.8) is 0 Å². The lowest BCUT2D eigenvalue weighted by molar-refractivity contribution is 0.0574. The molecule has 1 aliphatic heterocycles. The van der Waals surface area contributed by atoms with E-state index in [0.717, 1.165) is 49.3 Å². The number of carbonyl (C=O) groups excluding carboxylic acids is 1. The normalized spacial score (nSPS) is 18.1. The van der Waals surface area contributed by atoms with E-state index in [1.165, 1.54) is 4.88 Å². The van der Waals surface area contributed by atoms with Crippen molar-refractivity contribution in [2.45, 2.75) is 52.1 Å². The summed E-state index contributed by atoms with van der Waals surface area (Å²) in [5.41, 5.74) is 2.98. The molecule has 0 aromatic carbocycles. The van der Waals surface area contributed by atoms with E-state index in [4.69, 9.17) is 0 Å². The molecule has 1 saturated heterocycles. The van der Waals surface area contributed by atoms with E-state index in [1.54, 1.807) is 11.3 Å². The van der Waals surface area contributed by atoms with Crippen LogP contribution in [-0.2, 0) is 6.54 Å². The molecule has 1 amide bonds. The average Bonchev–Trinajstić information content (AvgIpc) is 3.19. The Labute approximate surface area is 147 Å². The molecule has 1 unspecified atom stereocenters. The fourth-order valence-electron chi connectivity index (χ4n) is 3.69. The van der Waals surface area contributed by atoms with Crippen molar-refractivity contribution >= 4 is 17.2 Å². The molecule has 0 spiro atoms. The van der Waals surface area contributed by atoms with Crippen LogP contribution in [0.3, 0.4) is 0 Å². The van der Waals surface area contributed by atoms with Crippen molar-refractivity contribution in [2.24, 2.45) is 0 Å². The highest BCUT2D eigenvalue weighted by Gasteiger charge is 2.29. The Morgan fingerprint density at radius 2 is 2.21 bits per heavy atom. The number of thiophene rings is 1. The number of hydrogen-bond acceptors (Lipinski definition) is 3. The van der Waals surface area contributed by atoms with Crippen LogP contribution in [0.25, 0.3) is 0 Å². The number of amides is 1. The fourth-order valence-corrected chi connectivity index (χ4v) is 4.38. The van der Waals surface area contributed by atoms with Gasteiger partial charge in [0.1, 0.15) is 0 Å². The Balaban J connectivity index is 1.84. The van der Waals surface area contributed by atoms with Crippen molar-refractivity contribution in [2.75, 3.05) is 13.2 Å². The first-order valence-electron chi connectivity index (χ1n) is 8.72. The molecule has 1 fully saturated rings. The maximum atomic E-state index is 13.1. The number of hydrogen-bond donors (Lipinski definition) is 1. The van der Waals surface area contributed by atoms with Gasteiger partial charge in [-0.15, -0.1) is 11.3 Å². The van der Waals surface area contributed by atoms with Crippen LogP contribution >= 0.6 is 11.3 Å². The second-order valence-corrected chi connectivity index (χ2v) is 7.64. The van der Waals surface area contributed by atoms with Crippen molar-refractivity contribution in [3.8, 4) is 0 Å². The minimum absolute atomic E-state index is 0.124. The monoisotopic (exact) mass is 346 g/mol. The standard InChI is InChI=1S/C19H26N2O2S/c1-14-12-18(15(2)21(14)13-17-7-5-11-24-17)19(23)20-9-4-3-6-16(20)8-10-22/h5,7,11-12,16,22H,3-4,6,8-10,13H2,1-2H3. The number of carbonyl (C=O) groups is 1. The van der Waals surface area contributed by atoms with Crippen molar-refractivity contribution in [1.82, 2.24) is 9.47 Å². The van der Waals surface area contributed by atoms with Crippen molar-refractivity contribution in [3.05, 3.63) is 45.4 Å². The molecule has 5 heteroatoms. The van der Waals surface area contributed by atoms with Gasteiger partial charge in [-0.3, -0.25) is 4.79 Å². The minimum atomic E-state index is 0.124. The molecular formula is C19H26N2O2S. The summed E-state index contributed by atoms with van der Waals surface area (Å²) in [5.74, 6) is 0.124. The first-order chi connectivity index (χ1) is 11.6. The van der Waals surface area contributed by atoms with E-state index in [2.05, 4.69) is 29.0 Å². The summed E-state index contributed by atoms with van der Waals surface area (Å²) in [4.78, 5) is 16.4. The number of rotatable bonds is 5. The van der Waals surface area contributed by atoms with Gasteiger partial charge in [0.25, 0.3) is 5.91 Å². The summed E-state index contributed by atoms with van der Waals surface area (Å²) in [6.45, 7) is 5.88. The predicted octanol–water partition coefficient (Wildman–Crippen LogP) is 3.59. The fraction of sp³-hybridized carbons (Fsp3) is 0.526. The highest BCUT2D eigenvalue weighted by atomic mass is 32.1. The highest BCUT2D eigenvalue weighted by Crippen LogP contribution is 2.25. The molecule has 4 nitrogen and oxygen atoms in total. The zero-order valence-corrected chi connectivity index (χ0v) is 15.3. The van der Waals surface area contributed by atoms with Crippen LogP contribution in [0.5, 0.6) is 0 Å². The van der Waals surface area contributed by atoms with Gasteiger partial charge < -0.3 is 14.6 Å². The third-order valence-electron chi connectivity index (χ3n) is 5.05. The summed E-state index contributed by atoms with van der Waals surface area (Å²) < 4.78 is 2.23. The number of nitrogens with zero attached hydrogens (tertiary/aromatic N) is 2. The molecule has 130 valence electrons. The number of piperidine rings is 1. The number of aliphatic hydroxyl groups is 1. The molecule has 0 radical (unpaired) electrons. The maximum absolute atomic E-state index is 13.1. The van der Waals surface area contributed by atoms with Gasteiger partial charge in [0.05, 0.1) is 12.1 Å². The minimum Gasteiger partial charge on any atom is -0.396 e. The largest absolute Gasteiger partial charge is 0.396 e. The third-order valence-corrected chi connectivity index (χ3v) is 5.91. The van der Waals surface area contributed by atoms with E-state index in [1.807, 2.05) is 17.9 Å². The molecule has 3 heterocycles. The lowest BCUT2D eigenvalue weighted by Gasteiger charge is -2.35. The maximum Gasteiger partial charge on any atom is 0.255 e. The molecule has 3 rings (SSSR count). The van der Waals surface area contributed by atoms with Crippen molar-refractivity contribution in [1.29, 1.82) is 0 Å². The Hall–Kier alpha value is -1.59. The van der Waals surface area contributed by atoms with Crippen LogP contribution < -0.4 is 0 Å². The SMILES string of the molecule is Cc1cc(C(=O)N2CCCCC2CCO)c(C)n1Cc1cccs1. The summed E-state index contributed by atoms with van der Waals surface area (Å²) in [7, 11) is 0. The first kappa shape index (κ1) is 17.2. The Bertz CT molecular complexity index is 689. The van der Waals surface area contributed by atoms with Gasteiger partial charge in [-0.25, -0.2) is 0 Å². The molecule has 24 heavy (non-hydrogen) atoms. The van der Waals surface area contributed by atoms with E-state index < -0.39 is 0 Å². The van der Waals surface area contributed by atoms with Crippen molar-refractivity contribution < 1.29 is 9.90 Å². The highest BCUT2D eigenvalue weighted by molar-refractivity contribution is 7.09. The Morgan fingerprint density at radius 1 is 1.38 bits per heavy atom. The topological polar surface area (TPSA) is 45.5 Å². The number of likely N-dealkylation sites (tertiary alicyclic amines) is 1. The predicted molar refractivity (Wildman–Crippen MR) is 97.7 cm³/mol. The molecule has 0 aliphatic carbocycles. The molecule has 2 aromatic rings. The number of aromatic nitrogens is 1. The van der Waals surface area contributed by atoms with Crippen LogP contribution in [0.1, 0.15) is 52.3 Å². The lowest BCUT2D eigenvalue weighted by atomic mass is 9.98. The average molecular weight is 346 g/mol. The van der Waals surface area contributed by atoms with E-state index in [-0.39, 0.29) is 18.6 Å². The lowest BCUT2D eigenvalue weighted by Crippen LogP contribution is -2.44. The molecule has 1 aliphatic rings. The molecule has 2 aromatic heterocycles. The molecular weight excluding hydrogens is 320 g/mol. The van der Waals surface area contributed by atoms with Gasteiger partial charge in [0.15, 0.2) is 0 Å². The van der Waals surface area contributed by atoms with Gasteiger partial charge in [0.2, 0.25) is 0 Å². The van der Waals surface area contributed by atoms with Gasteiger partial charge in [-0.05, 0) is 57.0 Å². The van der Waals surface area contributed by atoms with Gasteiger partial charge in [-0.1, -0.05) is 6.07 Å². The van der Waals surface area contributed by atoms with Crippen LogP contribution in [0.15, 0.2) is 23.6 Å². The number of aliphatic hydroxyl groups excluding tert-OH is 1. The summed E-state index contributed by atoms with van der Waals surface area (Å²) in [6, 6.07) is 6.40. The molecule has 0 saturated carbocycles. The zero-order chi connectivity index (χ0) is 17.1. The van der Waals surface area contributed by atoms with Crippen LogP contribution in [0.4, 0.5) is 0 Å². The quantitative estimate of drug-likeness (QED) is 0.899. The summed E-state index contributed by atoms with van der Waals surface area (Å²) in [6.07, 6.45) is 3.88. The second-order valence-electron chi connectivity index (χ2n) is 6.61. The van der Waals surface area contributed by atoms with Gasteiger partial charge in [-0.2, -0.15) is 0 Å². The van der Waals surface area contributed by atoms with Gasteiger partial charge in [0, 0.05) is 35.5 Å². The van der Waals surface area contributed by atoms with Gasteiger partial charge >= 0.3 is 0 Å². The number of aryl methyl sites for hydroxylation is 1. The van der Waals surface area contributed by atoms with Crippen LogP contribution in [-0.4, -0.2) is 39.7 Å². The Kier molecular flexibility index (Phi) is 5.41. The van der Waals surface area contributed by atoms with Crippen LogP contribution in [0, 0.1) is 13.8 Å². The second kappa shape index (κ2) is 7.53. The third kappa shape index (κ3) is 3.42. The van der Waals surface area contributed by atoms with E-state index >= 15 is 0 Å². The van der Waals surface area contributed by atoms with E-state index in [9.17, 15) is 9.90 Å². The first-order valence-corrected chi connectivity index (χ1v) is 9.60. The van der Waals surface area contributed by atoms with E-state index in [0.29, 0.717) is 6.42 Å². The smallest absolute Gasteiger partial charge is 0.255 e. The molecule has 1 N–H and O–H groups in total. The molecule has 1 atom stereocenters. The summed E-state index contributed by atoms with van der Waals surface area (Å²) in [5, 5.41) is 11.4. The molecule has 0 bridgehead atoms.